The van der Waals surface area contributed by atoms with Crippen LogP contribution in [0.2, 0.25) is 10.3 Å². The second-order valence-electron chi connectivity index (χ2n) is 4.77. The van der Waals surface area contributed by atoms with E-state index in [1.165, 1.54) is 18.2 Å². The van der Waals surface area contributed by atoms with E-state index in [4.69, 9.17) is 23.2 Å². The van der Waals surface area contributed by atoms with Gasteiger partial charge in [-0.25, -0.2) is 13.8 Å². The van der Waals surface area contributed by atoms with Crippen LogP contribution in [0.25, 0.3) is 11.1 Å². The van der Waals surface area contributed by atoms with Gasteiger partial charge in [-0.3, -0.25) is 0 Å². The van der Waals surface area contributed by atoms with Crippen LogP contribution in [-0.2, 0) is 6.42 Å². The first-order chi connectivity index (χ1) is 9.88. The Labute approximate surface area is 131 Å². The summed E-state index contributed by atoms with van der Waals surface area (Å²) < 4.78 is 27.0. The van der Waals surface area contributed by atoms with E-state index in [1.54, 1.807) is 6.92 Å². The van der Waals surface area contributed by atoms with Crippen LogP contribution in [0.15, 0.2) is 24.3 Å². The Morgan fingerprint density at radius 2 is 1.90 bits per heavy atom. The van der Waals surface area contributed by atoms with Gasteiger partial charge < -0.3 is 5.11 Å². The molecule has 0 aliphatic carbocycles. The molecule has 0 spiro atoms. The summed E-state index contributed by atoms with van der Waals surface area (Å²) in [6, 6.07) is 4.79. The molecule has 21 heavy (non-hydrogen) atoms. The Balaban J connectivity index is 2.55. The van der Waals surface area contributed by atoms with Gasteiger partial charge in [-0.05, 0) is 49.1 Å². The summed E-state index contributed by atoms with van der Waals surface area (Å²) in [5, 5.41) is 9.68. The highest BCUT2D eigenvalue weighted by Crippen LogP contribution is 2.33. The fourth-order valence-corrected chi connectivity index (χ4v) is 2.57. The van der Waals surface area contributed by atoms with Crippen molar-refractivity contribution in [3.8, 4) is 11.1 Å². The molecule has 0 aliphatic rings. The molecule has 0 saturated carbocycles. The van der Waals surface area contributed by atoms with Crippen molar-refractivity contribution in [2.24, 2.45) is 0 Å². The molecule has 1 N–H and O–H groups in total. The molecule has 1 atom stereocenters. The summed E-state index contributed by atoms with van der Waals surface area (Å²) in [5.41, 5.74) is 1.23. The number of hydrogen-bond donors (Lipinski definition) is 1. The second kappa shape index (κ2) is 6.69. The maximum absolute atomic E-state index is 14.0. The maximum Gasteiger partial charge on any atom is 0.134 e. The number of pyridine rings is 1. The quantitative estimate of drug-likeness (QED) is 0.827. The Morgan fingerprint density at radius 1 is 1.19 bits per heavy atom. The molecule has 0 radical (unpaired) electrons. The minimum Gasteiger partial charge on any atom is -0.393 e. The lowest BCUT2D eigenvalue weighted by molar-refractivity contribution is 0.185. The molecule has 6 heteroatoms. The van der Waals surface area contributed by atoms with Gasteiger partial charge in [-0.1, -0.05) is 23.2 Å². The van der Waals surface area contributed by atoms with Crippen molar-refractivity contribution in [3.63, 3.8) is 0 Å². The Kier molecular flexibility index (Phi) is 5.14. The van der Waals surface area contributed by atoms with E-state index >= 15 is 0 Å². The lowest BCUT2D eigenvalue weighted by Crippen LogP contribution is -2.04. The predicted molar refractivity (Wildman–Crippen MR) is 79.6 cm³/mol. The number of hydrogen-bond acceptors (Lipinski definition) is 2. The van der Waals surface area contributed by atoms with Crippen molar-refractivity contribution in [1.29, 1.82) is 0 Å². The number of nitrogens with zero attached hydrogens (tertiary/aromatic N) is 1. The summed E-state index contributed by atoms with van der Waals surface area (Å²) in [4.78, 5) is 3.94. The first kappa shape index (κ1) is 16.1. The molecule has 0 fully saturated rings. The van der Waals surface area contributed by atoms with Crippen molar-refractivity contribution in [1.82, 2.24) is 4.98 Å². The number of aliphatic hydroxyl groups excluding tert-OH is 1. The zero-order valence-corrected chi connectivity index (χ0v) is 12.7. The van der Waals surface area contributed by atoms with Crippen LogP contribution in [0, 0.1) is 11.6 Å². The number of halogens is 4. The third-order valence-corrected chi connectivity index (χ3v) is 3.58. The average Bonchev–Trinajstić information content (AvgIpc) is 2.36. The molecule has 112 valence electrons. The van der Waals surface area contributed by atoms with Crippen molar-refractivity contribution >= 4 is 23.2 Å². The van der Waals surface area contributed by atoms with Crippen LogP contribution in [0.4, 0.5) is 8.78 Å². The first-order valence-electron chi connectivity index (χ1n) is 6.37. The highest BCUT2D eigenvalue weighted by molar-refractivity contribution is 6.33. The molecular weight excluding hydrogens is 319 g/mol. The summed E-state index contributed by atoms with van der Waals surface area (Å²) >= 11 is 12.0. The van der Waals surface area contributed by atoms with E-state index in [9.17, 15) is 13.9 Å². The van der Waals surface area contributed by atoms with Gasteiger partial charge in [-0.2, -0.15) is 0 Å². The highest BCUT2D eigenvalue weighted by atomic mass is 35.5. The lowest BCUT2D eigenvalue weighted by atomic mass is 9.97. The van der Waals surface area contributed by atoms with Crippen LogP contribution >= 0.6 is 23.2 Å². The number of aliphatic hydroxyl groups is 1. The molecule has 1 unspecified atom stereocenters. The fraction of sp³-hybridized carbons (Fsp3) is 0.267. The minimum atomic E-state index is -0.702. The number of benzene rings is 1. The van der Waals surface area contributed by atoms with Gasteiger partial charge >= 0.3 is 0 Å². The first-order valence-corrected chi connectivity index (χ1v) is 7.12. The summed E-state index contributed by atoms with van der Waals surface area (Å²) in [5.74, 6) is -1.36. The van der Waals surface area contributed by atoms with E-state index < -0.39 is 17.7 Å². The second-order valence-corrected chi connectivity index (χ2v) is 5.52. The molecule has 0 aliphatic heterocycles. The number of rotatable bonds is 4. The standard InChI is InChI=1S/C15H13Cl2F2NO/c1-8(21)2-4-11-12(7-14(16)20-15(11)17)10-5-3-9(18)6-13(10)19/h3,5-8,21H,2,4H2,1H3. The van der Waals surface area contributed by atoms with Gasteiger partial charge in [0.2, 0.25) is 0 Å². The van der Waals surface area contributed by atoms with Gasteiger partial charge in [-0.15, -0.1) is 0 Å². The zero-order valence-electron chi connectivity index (χ0n) is 11.2. The third kappa shape index (κ3) is 3.90. The van der Waals surface area contributed by atoms with E-state index in [2.05, 4.69) is 4.98 Å². The van der Waals surface area contributed by atoms with Gasteiger partial charge in [0.25, 0.3) is 0 Å². The third-order valence-electron chi connectivity index (χ3n) is 3.08. The summed E-state index contributed by atoms with van der Waals surface area (Å²) in [7, 11) is 0. The molecule has 2 nitrogen and oxygen atoms in total. The molecule has 1 heterocycles. The minimum absolute atomic E-state index is 0.125. The molecule has 2 rings (SSSR count). The molecule has 0 saturated heterocycles. The lowest BCUT2D eigenvalue weighted by Gasteiger charge is -2.13. The Bertz CT molecular complexity index is 662. The van der Waals surface area contributed by atoms with Crippen LogP contribution in [0.3, 0.4) is 0 Å². The van der Waals surface area contributed by atoms with E-state index in [0.29, 0.717) is 24.0 Å². The molecule has 0 bridgehead atoms. The van der Waals surface area contributed by atoms with Gasteiger partial charge in [0, 0.05) is 11.6 Å². The SMILES string of the molecule is CC(O)CCc1c(-c2ccc(F)cc2F)cc(Cl)nc1Cl. The Morgan fingerprint density at radius 3 is 2.52 bits per heavy atom. The van der Waals surface area contributed by atoms with Crippen LogP contribution in [0.5, 0.6) is 0 Å². The fourth-order valence-electron chi connectivity index (χ4n) is 2.05. The topological polar surface area (TPSA) is 33.1 Å². The molecule has 1 aromatic carbocycles. The zero-order chi connectivity index (χ0) is 15.6. The van der Waals surface area contributed by atoms with Gasteiger partial charge in [0.05, 0.1) is 6.10 Å². The monoisotopic (exact) mass is 331 g/mol. The van der Waals surface area contributed by atoms with Crippen molar-refractivity contribution in [2.45, 2.75) is 25.9 Å². The molecule has 2 aromatic rings. The highest BCUT2D eigenvalue weighted by Gasteiger charge is 2.16. The van der Waals surface area contributed by atoms with E-state index in [1.807, 2.05) is 0 Å². The van der Waals surface area contributed by atoms with Crippen LogP contribution < -0.4 is 0 Å². The van der Waals surface area contributed by atoms with Crippen molar-refractivity contribution in [2.75, 3.05) is 0 Å². The van der Waals surface area contributed by atoms with Gasteiger partial charge in [0.15, 0.2) is 0 Å². The smallest absolute Gasteiger partial charge is 0.134 e. The van der Waals surface area contributed by atoms with Crippen molar-refractivity contribution in [3.05, 3.63) is 51.8 Å². The Hall–Kier alpha value is -1.23. The van der Waals surface area contributed by atoms with Crippen LogP contribution in [-0.4, -0.2) is 16.2 Å². The predicted octanol–water partition coefficient (Wildman–Crippen LogP) is 4.65. The molecule has 1 aromatic heterocycles. The summed E-state index contributed by atoms with van der Waals surface area (Å²) in [6.45, 7) is 1.65. The summed E-state index contributed by atoms with van der Waals surface area (Å²) in [6.07, 6.45) is 0.328. The van der Waals surface area contributed by atoms with E-state index in [-0.39, 0.29) is 15.9 Å². The normalized spacial score (nSPS) is 12.5. The van der Waals surface area contributed by atoms with Crippen molar-refractivity contribution < 1.29 is 13.9 Å². The molecule has 0 amide bonds. The largest absolute Gasteiger partial charge is 0.393 e. The maximum atomic E-state index is 14.0. The van der Waals surface area contributed by atoms with Crippen LogP contribution in [0.1, 0.15) is 18.9 Å². The van der Waals surface area contributed by atoms with Gasteiger partial charge in [0.1, 0.15) is 21.9 Å². The molecular formula is C15H13Cl2F2NO. The number of aromatic nitrogens is 1. The average molecular weight is 332 g/mol. The van der Waals surface area contributed by atoms with E-state index in [0.717, 1.165) is 6.07 Å².